The zero-order chi connectivity index (χ0) is 13.9. The zero-order valence-corrected chi connectivity index (χ0v) is 12.6. The van der Waals surface area contributed by atoms with Crippen molar-refractivity contribution in [3.63, 3.8) is 0 Å². The smallest absolute Gasteiger partial charge is 0.151 e. The Bertz CT molecular complexity index is 418. The van der Waals surface area contributed by atoms with Crippen molar-refractivity contribution in [2.24, 2.45) is 5.92 Å². The van der Waals surface area contributed by atoms with Crippen LogP contribution in [-0.4, -0.2) is 49.7 Å². The van der Waals surface area contributed by atoms with Crippen molar-refractivity contribution >= 4 is 15.6 Å². The fraction of sp³-hybridized carbons (Fsp3) is 0.929. The monoisotopic (exact) mass is 287 g/mol. The molecule has 0 N–H and O–H groups in total. The van der Waals surface area contributed by atoms with E-state index < -0.39 is 9.84 Å². The van der Waals surface area contributed by atoms with Crippen molar-refractivity contribution in [3.8, 4) is 0 Å². The summed E-state index contributed by atoms with van der Waals surface area (Å²) in [6.45, 7) is 3.25. The Morgan fingerprint density at radius 3 is 2.63 bits per heavy atom. The lowest BCUT2D eigenvalue weighted by molar-refractivity contribution is -0.123. The van der Waals surface area contributed by atoms with E-state index in [0.29, 0.717) is 18.4 Å². The maximum absolute atomic E-state index is 11.9. The van der Waals surface area contributed by atoms with Crippen LogP contribution in [0.25, 0.3) is 0 Å². The number of piperidine rings is 1. The molecule has 1 saturated carbocycles. The third-order valence-corrected chi connectivity index (χ3v) is 6.29. The van der Waals surface area contributed by atoms with Crippen LogP contribution in [0.15, 0.2) is 0 Å². The summed E-state index contributed by atoms with van der Waals surface area (Å²) in [6, 6.07) is 0.302. The van der Waals surface area contributed by atoms with Crippen molar-refractivity contribution in [3.05, 3.63) is 0 Å². The van der Waals surface area contributed by atoms with Gasteiger partial charge in [0.15, 0.2) is 9.84 Å². The van der Waals surface area contributed by atoms with Gasteiger partial charge < -0.3 is 0 Å². The van der Waals surface area contributed by atoms with Gasteiger partial charge in [0.2, 0.25) is 0 Å². The molecule has 0 bridgehead atoms. The number of nitrogens with zero attached hydrogens (tertiary/aromatic N) is 1. The Kier molecular flexibility index (Phi) is 5.01. The van der Waals surface area contributed by atoms with Crippen LogP contribution < -0.4 is 0 Å². The van der Waals surface area contributed by atoms with E-state index in [2.05, 4.69) is 4.90 Å². The number of hydrogen-bond acceptors (Lipinski definition) is 4. The summed E-state index contributed by atoms with van der Waals surface area (Å²) >= 11 is 0. The molecule has 1 heterocycles. The fourth-order valence-electron chi connectivity index (χ4n) is 3.40. The third-order valence-electron chi connectivity index (χ3n) is 4.61. The highest BCUT2D eigenvalue weighted by molar-refractivity contribution is 7.91. The van der Waals surface area contributed by atoms with Gasteiger partial charge in [-0.3, -0.25) is 9.69 Å². The standard InChI is InChI=1S/C14H25NO3S/c1-2-19(17,18)11-10-15-9-4-3-7-13(15)12-6-5-8-14(12)16/h12-13H,2-11H2,1H3. The maximum Gasteiger partial charge on any atom is 0.151 e. The van der Waals surface area contributed by atoms with E-state index in [1.807, 2.05) is 0 Å². The van der Waals surface area contributed by atoms with Crippen molar-refractivity contribution in [1.82, 2.24) is 4.90 Å². The summed E-state index contributed by atoms with van der Waals surface area (Å²) in [7, 11) is -2.91. The first-order valence-electron chi connectivity index (χ1n) is 7.50. The summed E-state index contributed by atoms with van der Waals surface area (Å²) in [5.74, 6) is 1.02. The van der Waals surface area contributed by atoms with Gasteiger partial charge in [-0.05, 0) is 32.2 Å². The zero-order valence-electron chi connectivity index (χ0n) is 11.8. The first-order chi connectivity index (χ1) is 9.03. The second-order valence-corrected chi connectivity index (χ2v) is 8.27. The Morgan fingerprint density at radius 1 is 1.21 bits per heavy atom. The second kappa shape index (κ2) is 6.35. The molecule has 0 aromatic heterocycles. The van der Waals surface area contributed by atoms with Gasteiger partial charge in [0, 0.05) is 30.7 Å². The molecule has 1 aliphatic carbocycles. The van der Waals surface area contributed by atoms with Crippen LogP contribution >= 0.6 is 0 Å². The highest BCUT2D eigenvalue weighted by Crippen LogP contribution is 2.32. The van der Waals surface area contributed by atoms with Crippen molar-refractivity contribution in [2.45, 2.75) is 51.5 Å². The van der Waals surface area contributed by atoms with Gasteiger partial charge in [-0.15, -0.1) is 0 Å². The molecule has 0 aromatic carbocycles. The van der Waals surface area contributed by atoms with Crippen LogP contribution in [0.2, 0.25) is 0 Å². The van der Waals surface area contributed by atoms with Crippen LogP contribution in [0.3, 0.4) is 0 Å². The third kappa shape index (κ3) is 3.78. The minimum atomic E-state index is -2.91. The van der Waals surface area contributed by atoms with Crippen molar-refractivity contribution < 1.29 is 13.2 Å². The number of Topliss-reactive ketones (excluding diaryl/α,β-unsaturated/α-hetero) is 1. The van der Waals surface area contributed by atoms with Crippen LogP contribution in [-0.2, 0) is 14.6 Å². The first-order valence-corrected chi connectivity index (χ1v) is 9.33. The predicted octanol–water partition coefficient (Wildman–Crippen LogP) is 1.64. The van der Waals surface area contributed by atoms with Crippen LogP contribution in [0.5, 0.6) is 0 Å². The highest BCUT2D eigenvalue weighted by atomic mass is 32.2. The predicted molar refractivity (Wildman–Crippen MR) is 75.9 cm³/mol. The van der Waals surface area contributed by atoms with Gasteiger partial charge in [0.25, 0.3) is 0 Å². The molecule has 0 radical (unpaired) electrons. The lowest BCUT2D eigenvalue weighted by atomic mass is 9.88. The van der Waals surface area contributed by atoms with E-state index in [9.17, 15) is 13.2 Å². The average molecular weight is 287 g/mol. The molecule has 0 aromatic rings. The molecule has 4 nitrogen and oxygen atoms in total. The lowest BCUT2D eigenvalue weighted by Gasteiger charge is -2.38. The van der Waals surface area contributed by atoms with E-state index in [0.717, 1.165) is 38.6 Å². The molecule has 2 aliphatic rings. The fourth-order valence-corrected chi connectivity index (χ4v) is 4.20. The molecule has 5 heteroatoms. The van der Waals surface area contributed by atoms with Crippen LogP contribution in [0.4, 0.5) is 0 Å². The number of hydrogen-bond donors (Lipinski definition) is 0. The average Bonchev–Trinajstić information content (AvgIpc) is 2.83. The van der Waals surface area contributed by atoms with E-state index in [1.165, 1.54) is 6.42 Å². The normalized spacial score (nSPS) is 29.8. The molecule has 0 amide bonds. The topological polar surface area (TPSA) is 54.5 Å². The molecule has 0 spiro atoms. The van der Waals surface area contributed by atoms with Gasteiger partial charge in [-0.25, -0.2) is 8.42 Å². The van der Waals surface area contributed by atoms with E-state index in [1.54, 1.807) is 6.92 Å². The summed E-state index contributed by atoms with van der Waals surface area (Å²) in [4.78, 5) is 14.2. The van der Waals surface area contributed by atoms with Gasteiger partial charge in [0.1, 0.15) is 5.78 Å². The van der Waals surface area contributed by atoms with Crippen LogP contribution in [0, 0.1) is 5.92 Å². The first kappa shape index (κ1) is 15.0. The Balaban J connectivity index is 1.98. The molecule has 2 unspecified atom stereocenters. The molecular weight excluding hydrogens is 262 g/mol. The number of carbonyl (C=O) groups excluding carboxylic acids is 1. The second-order valence-electron chi connectivity index (χ2n) is 5.80. The number of ketones is 1. The minimum absolute atomic E-state index is 0.171. The van der Waals surface area contributed by atoms with E-state index in [4.69, 9.17) is 0 Å². The van der Waals surface area contributed by atoms with Gasteiger partial charge >= 0.3 is 0 Å². The number of rotatable bonds is 5. The maximum atomic E-state index is 11.9. The minimum Gasteiger partial charge on any atom is -0.299 e. The molecule has 2 rings (SSSR count). The number of sulfone groups is 1. The SMILES string of the molecule is CCS(=O)(=O)CCN1CCCCC1C1CCCC1=O. The molecule has 1 aliphatic heterocycles. The lowest BCUT2D eigenvalue weighted by Crippen LogP contribution is -2.47. The van der Waals surface area contributed by atoms with Gasteiger partial charge in [0.05, 0.1) is 5.75 Å². The summed E-state index contributed by atoms with van der Waals surface area (Å²) in [5, 5.41) is 0. The largest absolute Gasteiger partial charge is 0.299 e. The summed E-state index contributed by atoms with van der Waals surface area (Å²) in [5.41, 5.74) is 0. The highest BCUT2D eigenvalue weighted by Gasteiger charge is 2.36. The summed E-state index contributed by atoms with van der Waals surface area (Å²) < 4.78 is 23.3. The Hall–Kier alpha value is -0.420. The number of carbonyl (C=O) groups is 1. The quantitative estimate of drug-likeness (QED) is 0.771. The van der Waals surface area contributed by atoms with Crippen LogP contribution in [0.1, 0.15) is 45.4 Å². The number of likely N-dealkylation sites (tertiary alicyclic amines) is 1. The molecule has 19 heavy (non-hydrogen) atoms. The molecular formula is C14H25NO3S. The Labute approximate surface area is 116 Å². The van der Waals surface area contributed by atoms with Gasteiger partial charge in [-0.2, -0.15) is 0 Å². The molecule has 1 saturated heterocycles. The van der Waals surface area contributed by atoms with Crippen molar-refractivity contribution in [1.29, 1.82) is 0 Å². The van der Waals surface area contributed by atoms with E-state index in [-0.39, 0.29) is 17.4 Å². The van der Waals surface area contributed by atoms with E-state index >= 15 is 0 Å². The Morgan fingerprint density at radius 2 is 2.00 bits per heavy atom. The molecule has 2 atom stereocenters. The molecule has 2 fully saturated rings. The van der Waals surface area contributed by atoms with Crippen molar-refractivity contribution in [2.75, 3.05) is 24.6 Å². The van der Waals surface area contributed by atoms with Gasteiger partial charge in [-0.1, -0.05) is 13.3 Å². The molecule has 110 valence electrons. The summed E-state index contributed by atoms with van der Waals surface area (Å²) in [6.07, 6.45) is 6.10.